The molecule has 1 atom stereocenters. The first-order valence-corrected chi connectivity index (χ1v) is 11.9. The van der Waals surface area contributed by atoms with Crippen molar-refractivity contribution >= 4 is 0 Å². The van der Waals surface area contributed by atoms with Crippen LogP contribution in [0.25, 0.3) is 0 Å². The molecule has 2 aliphatic rings. The molecule has 1 spiro atoms. The zero-order valence-corrected chi connectivity index (χ0v) is 20.3. The van der Waals surface area contributed by atoms with Crippen LogP contribution in [0.15, 0.2) is 30.3 Å². The van der Waals surface area contributed by atoms with E-state index in [0.29, 0.717) is 0 Å². The highest BCUT2D eigenvalue weighted by Crippen LogP contribution is 2.50. The summed E-state index contributed by atoms with van der Waals surface area (Å²) in [6, 6.07) is 10.4. The zero-order valence-electron chi connectivity index (χ0n) is 20.3. The molecule has 1 aromatic rings. The van der Waals surface area contributed by atoms with Gasteiger partial charge in [0.15, 0.2) is 5.79 Å². The van der Waals surface area contributed by atoms with E-state index in [1.807, 2.05) is 6.07 Å². The van der Waals surface area contributed by atoms with E-state index in [9.17, 15) is 0 Å². The third-order valence-corrected chi connectivity index (χ3v) is 7.13. The maximum atomic E-state index is 6.62. The standard InChI is InChI=1S/C26H43NO3/c1-8-10-16-25(9-2)19-28-26(29-20-25)17-23(4,5)27(24(6,7)18-26)30-21(3)22-14-12-11-13-15-22/h11-15,21H,8-10,16-20H2,1-7H3. The third-order valence-electron chi connectivity index (χ3n) is 7.13. The molecule has 0 N–H and O–H groups in total. The predicted octanol–water partition coefficient (Wildman–Crippen LogP) is 6.66. The van der Waals surface area contributed by atoms with Gasteiger partial charge in [-0.25, -0.2) is 0 Å². The number of piperidine rings is 1. The molecular weight excluding hydrogens is 374 g/mol. The highest BCUT2D eigenvalue weighted by atomic mass is 16.7. The summed E-state index contributed by atoms with van der Waals surface area (Å²) in [5.41, 5.74) is 0.949. The van der Waals surface area contributed by atoms with Crippen LogP contribution in [0, 0.1) is 5.41 Å². The van der Waals surface area contributed by atoms with Crippen molar-refractivity contribution < 1.29 is 14.3 Å². The summed E-state index contributed by atoms with van der Waals surface area (Å²) in [4.78, 5) is 6.58. The van der Waals surface area contributed by atoms with Crippen LogP contribution in [0.1, 0.15) is 98.7 Å². The normalized spacial score (nSPS) is 25.8. The molecule has 2 saturated heterocycles. The lowest BCUT2D eigenvalue weighted by Crippen LogP contribution is -2.68. The van der Waals surface area contributed by atoms with Gasteiger partial charge in [-0.3, -0.25) is 4.84 Å². The Morgan fingerprint density at radius 1 is 0.967 bits per heavy atom. The highest BCUT2D eigenvalue weighted by Gasteiger charge is 2.57. The summed E-state index contributed by atoms with van der Waals surface area (Å²) in [6.45, 7) is 17.3. The van der Waals surface area contributed by atoms with Crippen molar-refractivity contribution in [3.8, 4) is 0 Å². The Hall–Kier alpha value is -0.940. The lowest BCUT2D eigenvalue weighted by Gasteiger charge is -2.60. The lowest BCUT2D eigenvalue weighted by molar-refractivity contribution is -0.390. The Balaban J connectivity index is 1.73. The van der Waals surface area contributed by atoms with Crippen LogP contribution in [0.2, 0.25) is 0 Å². The van der Waals surface area contributed by atoms with Crippen molar-refractivity contribution in [3.05, 3.63) is 35.9 Å². The topological polar surface area (TPSA) is 30.9 Å². The first-order valence-electron chi connectivity index (χ1n) is 11.9. The summed E-state index contributed by atoms with van der Waals surface area (Å²) in [5.74, 6) is -0.520. The number of ether oxygens (including phenoxy) is 2. The van der Waals surface area contributed by atoms with Crippen LogP contribution in [0.5, 0.6) is 0 Å². The molecule has 0 amide bonds. The molecule has 2 fully saturated rings. The van der Waals surface area contributed by atoms with Crippen molar-refractivity contribution in [3.63, 3.8) is 0 Å². The van der Waals surface area contributed by atoms with E-state index in [1.165, 1.54) is 24.8 Å². The maximum absolute atomic E-state index is 6.62. The smallest absolute Gasteiger partial charge is 0.171 e. The Labute approximate surface area is 184 Å². The maximum Gasteiger partial charge on any atom is 0.171 e. The van der Waals surface area contributed by atoms with Crippen molar-refractivity contribution in [1.29, 1.82) is 0 Å². The number of hydrogen-bond donors (Lipinski definition) is 0. The molecule has 2 aliphatic heterocycles. The average Bonchev–Trinajstić information content (AvgIpc) is 2.71. The molecule has 1 aromatic carbocycles. The monoisotopic (exact) mass is 417 g/mol. The molecule has 2 heterocycles. The van der Waals surface area contributed by atoms with E-state index in [4.69, 9.17) is 14.3 Å². The average molecular weight is 418 g/mol. The van der Waals surface area contributed by atoms with Gasteiger partial charge in [-0.2, -0.15) is 5.06 Å². The zero-order chi connectivity index (χ0) is 22.0. The Morgan fingerprint density at radius 2 is 1.53 bits per heavy atom. The van der Waals surface area contributed by atoms with Gasteiger partial charge in [-0.05, 0) is 53.0 Å². The van der Waals surface area contributed by atoms with Gasteiger partial charge in [0.25, 0.3) is 0 Å². The van der Waals surface area contributed by atoms with Gasteiger partial charge in [0.1, 0.15) is 6.10 Å². The molecule has 30 heavy (non-hydrogen) atoms. The molecular formula is C26H43NO3. The Kier molecular flexibility index (Phi) is 7.03. The number of rotatable bonds is 7. The number of hydroxylamine groups is 2. The van der Waals surface area contributed by atoms with Gasteiger partial charge in [0, 0.05) is 29.3 Å². The second-order valence-electron chi connectivity index (χ2n) is 10.9. The van der Waals surface area contributed by atoms with Gasteiger partial charge in [-0.1, -0.05) is 57.0 Å². The minimum Gasteiger partial charge on any atom is -0.349 e. The molecule has 4 heteroatoms. The van der Waals surface area contributed by atoms with Crippen LogP contribution in [0.3, 0.4) is 0 Å². The van der Waals surface area contributed by atoms with Crippen LogP contribution in [0.4, 0.5) is 0 Å². The van der Waals surface area contributed by atoms with Crippen molar-refractivity contribution in [2.75, 3.05) is 13.2 Å². The van der Waals surface area contributed by atoms with E-state index >= 15 is 0 Å². The first kappa shape index (κ1) is 23.7. The molecule has 0 saturated carbocycles. The van der Waals surface area contributed by atoms with Gasteiger partial charge in [0.2, 0.25) is 0 Å². The molecule has 0 radical (unpaired) electrons. The van der Waals surface area contributed by atoms with E-state index in [-0.39, 0.29) is 22.6 Å². The van der Waals surface area contributed by atoms with E-state index in [2.05, 4.69) is 77.8 Å². The summed E-state index contributed by atoms with van der Waals surface area (Å²) < 4.78 is 13.2. The van der Waals surface area contributed by atoms with Crippen LogP contribution < -0.4 is 0 Å². The molecule has 0 aromatic heterocycles. The molecule has 0 aliphatic carbocycles. The second kappa shape index (κ2) is 8.90. The van der Waals surface area contributed by atoms with E-state index < -0.39 is 5.79 Å². The number of benzene rings is 1. The summed E-state index contributed by atoms with van der Waals surface area (Å²) in [6.07, 6.45) is 6.36. The van der Waals surface area contributed by atoms with E-state index in [0.717, 1.165) is 32.5 Å². The van der Waals surface area contributed by atoms with E-state index in [1.54, 1.807) is 0 Å². The van der Waals surface area contributed by atoms with Gasteiger partial charge >= 0.3 is 0 Å². The molecule has 4 nitrogen and oxygen atoms in total. The SMILES string of the molecule is CCCCC1(CC)COC2(CC(C)(C)N(OC(C)c3ccccc3)C(C)(C)C2)OC1. The molecule has 170 valence electrons. The Morgan fingerprint density at radius 3 is 2.03 bits per heavy atom. The second-order valence-corrected chi connectivity index (χ2v) is 10.9. The fraction of sp³-hybridized carbons (Fsp3) is 0.769. The Bertz CT molecular complexity index is 657. The summed E-state index contributed by atoms with van der Waals surface area (Å²) >= 11 is 0. The predicted molar refractivity (Wildman–Crippen MR) is 122 cm³/mol. The van der Waals surface area contributed by atoms with Crippen molar-refractivity contribution in [2.45, 2.75) is 110 Å². The quantitative estimate of drug-likeness (QED) is 0.496. The molecule has 1 unspecified atom stereocenters. The largest absolute Gasteiger partial charge is 0.349 e. The number of hydrogen-bond acceptors (Lipinski definition) is 4. The van der Waals surface area contributed by atoms with Gasteiger partial charge < -0.3 is 9.47 Å². The molecule has 0 bridgehead atoms. The minimum atomic E-state index is -0.520. The molecule has 3 rings (SSSR count). The van der Waals surface area contributed by atoms with Gasteiger partial charge in [-0.15, -0.1) is 0 Å². The van der Waals surface area contributed by atoms with Crippen LogP contribution in [-0.2, 0) is 14.3 Å². The van der Waals surface area contributed by atoms with Crippen LogP contribution >= 0.6 is 0 Å². The first-order chi connectivity index (χ1) is 14.1. The third kappa shape index (κ3) is 4.93. The van der Waals surface area contributed by atoms with Crippen molar-refractivity contribution in [2.24, 2.45) is 5.41 Å². The minimum absolute atomic E-state index is 0.00576. The van der Waals surface area contributed by atoms with Crippen molar-refractivity contribution in [1.82, 2.24) is 5.06 Å². The number of nitrogens with zero attached hydrogens (tertiary/aromatic N) is 1. The van der Waals surface area contributed by atoms with Gasteiger partial charge in [0.05, 0.1) is 13.2 Å². The fourth-order valence-electron chi connectivity index (χ4n) is 5.51. The number of unbranched alkanes of at least 4 members (excludes halogenated alkanes) is 1. The highest BCUT2D eigenvalue weighted by molar-refractivity contribution is 5.17. The summed E-state index contributed by atoms with van der Waals surface area (Å²) in [7, 11) is 0. The van der Waals surface area contributed by atoms with Crippen LogP contribution in [-0.4, -0.2) is 35.1 Å². The summed E-state index contributed by atoms with van der Waals surface area (Å²) in [5, 5.41) is 2.20. The lowest BCUT2D eigenvalue weighted by atomic mass is 9.75. The fourth-order valence-corrected chi connectivity index (χ4v) is 5.51.